The fourth-order valence-electron chi connectivity index (χ4n) is 3.52. The minimum absolute atomic E-state index is 0.252. The molecular weight excluding hydrogens is 256 g/mol. The van der Waals surface area contributed by atoms with E-state index in [9.17, 15) is 0 Å². The lowest BCUT2D eigenvalue weighted by molar-refractivity contribution is 0.0869. The monoisotopic (exact) mass is 298 g/mol. The van der Waals surface area contributed by atoms with Gasteiger partial charge in [-0.1, -0.05) is 72.6 Å². The van der Waals surface area contributed by atoms with Gasteiger partial charge >= 0.3 is 0 Å². The van der Waals surface area contributed by atoms with Gasteiger partial charge in [0.15, 0.2) is 0 Å². The number of nitrogens with zero attached hydrogens (tertiary/aromatic N) is 1. The van der Waals surface area contributed by atoms with Gasteiger partial charge in [0.1, 0.15) is 0 Å². The largest absolute Gasteiger partial charge is 0.312 e. The number of hydrogen-bond acceptors (Lipinski definition) is 2. The summed E-state index contributed by atoms with van der Waals surface area (Å²) in [7, 11) is 0. The van der Waals surface area contributed by atoms with Crippen LogP contribution in [0.5, 0.6) is 0 Å². The number of unbranched alkanes of at least 4 members (excludes halogenated alkanes) is 6. The van der Waals surface area contributed by atoms with E-state index in [0.29, 0.717) is 6.04 Å². The van der Waals surface area contributed by atoms with Crippen molar-refractivity contribution in [2.24, 2.45) is 0 Å². The predicted octanol–water partition coefficient (Wildman–Crippen LogP) is 5.23. The summed E-state index contributed by atoms with van der Waals surface area (Å²) < 4.78 is 0. The number of nitrogens with one attached hydrogen (secondary N) is 1. The molecule has 0 aliphatic carbocycles. The summed E-state index contributed by atoms with van der Waals surface area (Å²) in [5.41, 5.74) is 0.252. The number of rotatable bonds is 14. The van der Waals surface area contributed by atoms with Crippen molar-refractivity contribution in [1.82, 2.24) is 10.2 Å². The first kappa shape index (κ1) is 20.9. The van der Waals surface area contributed by atoms with Crippen LogP contribution in [0.3, 0.4) is 0 Å². The van der Waals surface area contributed by atoms with Gasteiger partial charge in [-0.05, 0) is 39.9 Å². The van der Waals surface area contributed by atoms with E-state index in [1.165, 1.54) is 51.4 Å². The number of hydrogen-bond donors (Lipinski definition) is 1. The lowest BCUT2D eigenvalue weighted by Gasteiger charge is -2.44. The third kappa shape index (κ3) is 8.21. The van der Waals surface area contributed by atoms with Crippen LogP contribution >= 0.6 is 0 Å². The van der Waals surface area contributed by atoms with E-state index in [4.69, 9.17) is 0 Å². The van der Waals surface area contributed by atoms with Crippen LogP contribution in [0.4, 0.5) is 0 Å². The fraction of sp³-hybridized carbons (Fsp3) is 1.00. The van der Waals surface area contributed by atoms with Crippen LogP contribution < -0.4 is 5.32 Å². The smallest absolute Gasteiger partial charge is 0.0306 e. The maximum absolute atomic E-state index is 3.74. The van der Waals surface area contributed by atoms with E-state index in [-0.39, 0.29) is 5.54 Å². The topological polar surface area (TPSA) is 15.3 Å². The Morgan fingerprint density at radius 2 is 1.33 bits per heavy atom. The molecule has 2 heteroatoms. The first-order valence-corrected chi connectivity index (χ1v) is 9.52. The summed E-state index contributed by atoms with van der Waals surface area (Å²) in [6.07, 6.45) is 11.1. The standard InChI is InChI=1S/C19H42N2/c1-7-11-12-13-14-15-16-17-18(20-8-2)19(5,6)21(9-3)10-4/h18,20H,7-17H2,1-6H3. The van der Waals surface area contributed by atoms with E-state index in [1.54, 1.807) is 0 Å². The molecule has 0 radical (unpaired) electrons. The summed E-state index contributed by atoms with van der Waals surface area (Å²) in [4.78, 5) is 2.60. The quantitative estimate of drug-likeness (QED) is 0.442. The highest BCUT2D eigenvalue weighted by Gasteiger charge is 2.32. The third-order valence-electron chi connectivity index (χ3n) is 4.98. The molecule has 0 aromatic rings. The Bertz CT molecular complexity index is 222. The molecule has 0 aromatic heterocycles. The van der Waals surface area contributed by atoms with Crippen LogP contribution in [0.1, 0.15) is 92.9 Å². The molecule has 0 aliphatic heterocycles. The molecule has 0 bridgehead atoms. The third-order valence-corrected chi connectivity index (χ3v) is 4.98. The molecule has 0 saturated heterocycles. The fourth-order valence-corrected chi connectivity index (χ4v) is 3.52. The first-order valence-electron chi connectivity index (χ1n) is 9.52. The summed E-state index contributed by atoms with van der Waals surface area (Å²) in [6.45, 7) is 17.3. The molecule has 0 rings (SSSR count). The lowest BCUT2D eigenvalue weighted by atomic mass is 9.88. The molecule has 0 spiro atoms. The average molecular weight is 299 g/mol. The molecule has 1 atom stereocenters. The van der Waals surface area contributed by atoms with Gasteiger partial charge < -0.3 is 5.32 Å². The van der Waals surface area contributed by atoms with E-state index in [2.05, 4.69) is 51.8 Å². The highest BCUT2D eigenvalue weighted by molar-refractivity contribution is 4.92. The minimum Gasteiger partial charge on any atom is -0.312 e. The molecule has 0 aromatic carbocycles. The molecule has 21 heavy (non-hydrogen) atoms. The van der Waals surface area contributed by atoms with Crippen molar-refractivity contribution in [2.75, 3.05) is 19.6 Å². The molecule has 0 amide bonds. The van der Waals surface area contributed by atoms with E-state index in [1.807, 2.05) is 0 Å². The molecule has 1 N–H and O–H groups in total. The molecule has 0 heterocycles. The predicted molar refractivity (Wildman–Crippen MR) is 97.1 cm³/mol. The van der Waals surface area contributed by atoms with E-state index < -0.39 is 0 Å². The highest BCUT2D eigenvalue weighted by Crippen LogP contribution is 2.23. The zero-order valence-corrected chi connectivity index (χ0v) is 15.8. The first-order chi connectivity index (χ1) is 10.0. The van der Waals surface area contributed by atoms with Crippen LogP contribution in [-0.4, -0.2) is 36.1 Å². The van der Waals surface area contributed by atoms with E-state index >= 15 is 0 Å². The molecule has 0 saturated carbocycles. The van der Waals surface area contributed by atoms with Crippen molar-refractivity contribution in [2.45, 2.75) is 104 Å². The molecule has 2 nitrogen and oxygen atoms in total. The zero-order chi connectivity index (χ0) is 16.1. The Kier molecular flexibility index (Phi) is 12.4. The maximum atomic E-state index is 3.74. The van der Waals surface area contributed by atoms with Gasteiger partial charge in [-0.25, -0.2) is 0 Å². The van der Waals surface area contributed by atoms with Gasteiger partial charge in [-0.2, -0.15) is 0 Å². The zero-order valence-electron chi connectivity index (χ0n) is 15.8. The average Bonchev–Trinajstić information content (AvgIpc) is 2.46. The lowest BCUT2D eigenvalue weighted by Crippen LogP contribution is -2.57. The molecule has 128 valence electrons. The molecule has 0 aliphatic rings. The van der Waals surface area contributed by atoms with Gasteiger partial charge in [0.2, 0.25) is 0 Å². The van der Waals surface area contributed by atoms with Crippen molar-refractivity contribution in [3.63, 3.8) is 0 Å². The summed E-state index contributed by atoms with van der Waals surface area (Å²) >= 11 is 0. The van der Waals surface area contributed by atoms with Gasteiger partial charge in [0.25, 0.3) is 0 Å². The van der Waals surface area contributed by atoms with Crippen molar-refractivity contribution < 1.29 is 0 Å². The second kappa shape index (κ2) is 12.5. The van der Waals surface area contributed by atoms with Crippen LogP contribution in [0.25, 0.3) is 0 Å². The van der Waals surface area contributed by atoms with Crippen molar-refractivity contribution in [1.29, 1.82) is 0 Å². The van der Waals surface area contributed by atoms with Gasteiger partial charge in [0.05, 0.1) is 0 Å². The summed E-state index contributed by atoms with van der Waals surface area (Å²) in [5, 5.41) is 3.74. The van der Waals surface area contributed by atoms with E-state index in [0.717, 1.165) is 19.6 Å². The minimum atomic E-state index is 0.252. The van der Waals surface area contributed by atoms with Crippen molar-refractivity contribution in [3.8, 4) is 0 Å². The highest BCUT2D eigenvalue weighted by atomic mass is 15.2. The van der Waals surface area contributed by atoms with Gasteiger partial charge in [0, 0.05) is 11.6 Å². The summed E-state index contributed by atoms with van der Waals surface area (Å²) in [5.74, 6) is 0. The maximum Gasteiger partial charge on any atom is 0.0306 e. The van der Waals surface area contributed by atoms with Crippen molar-refractivity contribution >= 4 is 0 Å². The van der Waals surface area contributed by atoms with Crippen molar-refractivity contribution in [3.05, 3.63) is 0 Å². The van der Waals surface area contributed by atoms with Crippen LogP contribution in [-0.2, 0) is 0 Å². The molecule has 0 fully saturated rings. The summed E-state index contributed by atoms with van der Waals surface area (Å²) in [6, 6.07) is 0.609. The Hall–Kier alpha value is -0.0800. The Morgan fingerprint density at radius 3 is 1.81 bits per heavy atom. The molecule has 1 unspecified atom stereocenters. The van der Waals surface area contributed by atoms with Crippen LogP contribution in [0, 0.1) is 0 Å². The second-order valence-electron chi connectivity index (χ2n) is 6.85. The van der Waals surface area contributed by atoms with Crippen LogP contribution in [0.2, 0.25) is 0 Å². The van der Waals surface area contributed by atoms with Gasteiger partial charge in [-0.15, -0.1) is 0 Å². The number of likely N-dealkylation sites (N-methyl/N-ethyl adjacent to an activating group) is 2. The SMILES string of the molecule is CCCCCCCCCC(NCC)C(C)(C)N(CC)CC. The Balaban J connectivity index is 4.17. The Labute approximate surface area is 135 Å². The second-order valence-corrected chi connectivity index (χ2v) is 6.85. The Morgan fingerprint density at radius 1 is 0.810 bits per heavy atom. The molecular formula is C19H42N2. The normalized spacial score (nSPS) is 13.9. The van der Waals surface area contributed by atoms with Gasteiger partial charge in [-0.3, -0.25) is 4.90 Å². The van der Waals surface area contributed by atoms with Crippen LogP contribution in [0.15, 0.2) is 0 Å².